The fourth-order valence-electron chi connectivity index (χ4n) is 2.70. The molecule has 3 aromatic rings. The minimum atomic E-state index is 0.253. The first-order chi connectivity index (χ1) is 10.3. The molecule has 2 aromatic heterocycles. The Bertz CT molecular complexity index is 774. The molecule has 1 aliphatic heterocycles. The first-order valence-corrected chi connectivity index (χ1v) is 7.74. The molecule has 1 saturated heterocycles. The van der Waals surface area contributed by atoms with Crippen LogP contribution in [0, 0.1) is 0 Å². The van der Waals surface area contributed by atoms with E-state index in [1.165, 1.54) is 10.9 Å². The van der Waals surface area contributed by atoms with Gasteiger partial charge in [0.15, 0.2) is 5.82 Å². The van der Waals surface area contributed by atoms with Crippen LogP contribution in [-0.4, -0.2) is 28.3 Å². The number of nitrogens with one attached hydrogen (secondary N) is 1. The molecular weight excluding hydrogens is 334 g/mol. The highest BCUT2D eigenvalue weighted by atomic mass is 79.9. The second kappa shape index (κ2) is 5.27. The lowest BCUT2D eigenvalue weighted by atomic mass is 10.1. The molecular formula is C15H14BrN3O2. The Labute approximate surface area is 129 Å². The number of ether oxygens (including phenoxy) is 1. The summed E-state index contributed by atoms with van der Waals surface area (Å²) in [6.07, 6.45) is 3.63. The van der Waals surface area contributed by atoms with Crippen molar-refractivity contribution in [3.05, 3.63) is 46.1 Å². The molecule has 0 saturated carbocycles. The molecule has 0 radical (unpaired) electrons. The summed E-state index contributed by atoms with van der Waals surface area (Å²) in [5.74, 6) is 1.67. The highest BCUT2D eigenvalue weighted by Crippen LogP contribution is 2.26. The molecule has 1 unspecified atom stereocenters. The summed E-state index contributed by atoms with van der Waals surface area (Å²) in [6, 6.07) is 6.18. The van der Waals surface area contributed by atoms with Crippen molar-refractivity contribution < 1.29 is 9.26 Å². The number of H-pyrrole nitrogens is 1. The summed E-state index contributed by atoms with van der Waals surface area (Å²) >= 11 is 3.51. The third-order valence-corrected chi connectivity index (χ3v) is 4.33. The van der Waals surface area contributed by atoms with E-state index in [9.17, 15) is 0 Å². The van der Waals surface area contributed by atoms with Crippen molar-refractivity contribution in [3.63, 3.8) is 0 Å². The topological polar surface area (TPSA) is 63.9 Å². The van der Waals surface area contributed by atoms with Crippen LogP contribution < -0.4 is 0 Å². The molecule has 1 aliphatic rings. The second-order valence-electron chi connectivity index (χ2n) is 5.29. The predicted molar refractivity (Wildman–Crippen MR) is 81.3 cm³/mol. The molecule has 5 nitrogen and oxygen atoms in total. The molecule has 21 heavy (non-hydrogen) atoms. The lowest BCUT2D eigenvalue weighted by Crippen LogP contribution is -1.98. The van der Waals surface area contributed by atoms with Gasteiger partial charge in [-0.1, -0.05) is 21.1 Å². The second-order valence-corrected chi connectivity index (χ2v) is 6.21. The SMILES string of the molecule is Brc1ccc2[nH]cc(Cc3noc(C4CCOC4)n3)c2c1. The maximum absolute atomic E-state index is 5.37. The average Bonchev–Trinajstić information content (AvgIpc) is 3.20. The molecule has 108 valence electrons. The normalized spacial score (nSPS) is 18.6. The quantitative estimate of drug-likeness (QED) is 0.788. The number of rotatable bonds is 3. The van der Waals surface area contributed by atoms with Gasteiger partial charge in [-0.3, -0.25) is 0 Å². The van der Waals surface area contributed by atoms with Crippen LogP contribution in [0.3, 0.4) is 0 Å². The van der Waals surface area contributed by atoms with Gasteiger partial charge in [0, 0.05) is 34.6 Å². The van der Waals surface area contributed by atoms with Crippen molar-refractivity contribution >= 4 is 26.8 Å². The van der Waals surface area contributed by atoms with Crippen LogP contribution in [0.25, 0.3) is 10.9 Å². The van der Waals surface area contributed by atoms with Crippen molar-refractivity contribution in [1.29, 1.82) is 0 Å². The van der Waals surface area contributed by atoms with Crippen molar-refractivity contribution in [1.82, 2.24) is 15.1 Å². The van der Waals surface area contributed by atoms with Crippen LogP contribution in [0.2, 0.25) is 0 Å². The third kappa shape index (κ3) is 2.49. The number of fused-ring (bicyclic) bond motifs is 1. The fraction of sp³-hybridized carbons (Fsp3) is 0.333. The highest BCUT2D eigenvalue weighted by Gasteiger charge is 2.23. The zero-order valence-corrected chi connectivity index (χ0v) is 12.9. The van der Waals surface area contributed by atoms with Gasteiger partial charge in [-0.2, -0.15) is 4.98 Å². The number of nitrogens with zero attached hydrogens (tertiary/aromatic N) is 2. The highest BCUT2D eigenvalue weighted by molar-refractivity contribution is 9.10. The number of aromatic nitrogens is 3. The van der Waals surface area contributed by atoms with Crippen molar-refractivity contribution in [2.75, 3.05) is 13.2 Å². The molecule has 1 aromatic carbocycles. The number of benzene rings is 1. The number of hydrogen-bond acceptors (Lipinski definition) is 4. The Morgan fingerprint density at radius 2 is 2.33 bits per heavy atom. The number of halogens is 1. The molecule has 1 N–H and O–H groups in total. The fourth-order valence-corrected chi connectivity index (χ4v) is 3.06. The van der Waals surface area contributed by atoms with Crippen LogP contribution in [-0.2, 0) is 11.2 Å². The minimum absolute atomic E-state index is 0.253. The van der Waals surface area contributed by atoms with Crippen LogP contribution in [0.4, 0.5) is 0 Å². The van der Waals surface area contributed by atoms with E-state index in [0.29, 0.717) is 18.9 Å². The van der Waals surface area contributed by atoms with E-state index in [-0.39, 0.29) is 5.92 Å². The van der Waals surface area contributed by atoms with E-state index in [1.54, 1.807) is 0 Å². The van der Waals surface area contributed by atoms with Gasteiger partial charge in [0.1, 0.15) is 0 Å². The van der Waals surface area contributed by atoms with Crippen molar-refractivity contribution in [2.45, 2.75) is 18.8 Å². The predicted octanol–water partition coefficient (Wildman–Crippen LogP) is 3.41. The zero-order valence-electron chi connectivity index (χ0n) is 11.3. The van der Waals surface area contributed by atoms with E-state index in [1.807, 2.05) is 12.3 Å². The maximum Gasteiger partial charge on any atom is 0.232 e. The van der Waals surface area contributed by atoms with Crippen molar-refractivity contribution in [2.24, 2.45) is 0 Å². The lowest BCUT2D eigenvalue weighted by Gasteiger charge is -1.98. The molecule has 3 heterocycles. The number of hydrogen-bond donors (Lipinski definition) is 1. The Morgan fingerprint density at radius 1 is 1.38 bits per heavy atom. The van der Waals surface area contributed by atoms with E-state index in [2.05, 4.69) is 43.2 Å². The van der Waals surface area contributed by atoms with E-state index < -0.39 is 0 Å². The largest absolute Gasteiger partial charge is 0.381 e. The summed E-state index contributed by atoms with van der Waals surface area (Å²) in [5.41, 5.74) is 2.28. The summed E-state index contributed by atoms with van der Waals surface area (Å²) in [4.78, 5) is 7.78. The Balaban J connectivity index is 1.61. The molecule has 0 aliphatic carbocycles. The van der Waals surface area contributed by atoms with Gasteiger partial charge in [-0.15, -0.1) is 0 Å². The van der Waals surface area contributed by atoms with Crippen LogP contribution in [0.1, 0.15) is 29.6 Å². The van der Waals surface area contributed by atoms with E-state index in [0.717, 1.165) is 28.8 Å². The molecule has 0 spiro atoms. The summed E-state index contributed by atoms with van der Waals surface area (Å²) < 4.78 is 11.8. The molecule has 4 rings (SSSR count). The van der Waals surface area contributed by atoms with E-state index in [4.69, 9.17) is 9.26 Å². The zero-order chi connectivity index (χ0) is 14.2. The van der Waals surface area contributed by atoms with Gasteiger partial charge in [0.2, 0.25) is 5.89 Å². The van der Waals surface area contributed by atoms with E-state index >= 15 is 0 Å². The smallest absolute Gasteiger partial charge is 0.232 e. The number of aromatic amines is 1. The Morgan fingerprint density at radius 3 is 3.19 bits per heavy atom. The molecule has 0 amide bonds. The molecule has 0 bridgehead atoms. The van der Waals surface area contributed by atoms with Gasteiger partial charge in [-0.25, -0.2) is 0 Å². The maximum atomic E-state index is 5.37. The minimum Gasteiger partial charge on any atom is -0.381 e. The van der Waals surface area contributed by atoms with Gasteiger partial charge >= 0.3 is 0 Å². The molecule has 1 fully saturated rings. The summed E-state index contributed by atoms with van der Waals surface area (Å²) in [7, 11) is 0. The lowest BCUT2D eigenvalue weighted by molar-refractivity contribution is 0.189. The van der Waals surface area contributed by atoms with Crippen LogP contribution in [0.5, 0.6) is 0 Å². The monoisotopic (exact) mass is 347 g/mol. The van der Waals surface area contributed by atoms with Crippen LogP contribution in [0.15, 0.2) is 33.4 Å². The van der Waals surface area contributed by atoms with Gasteiger partial charge in [0.25, 0.3) is 0 Å². The molecule has 1 atom stereocenters. The van der Waals surface area contributed by atoms with Gasteiger partial charge < -0.3 is 14.2 Å². The average molecular weight is 348 g/mol. The first-order valence-electron chi connectivity index (χ1n) is 6.95. The van der Waals surface area contributed by atoms with Crippen LogP contribution >= 0.6 is 15.9 Å². The summed E-state index contributed by atoms with van der Waals surface area (Å²) in [6.45, 7) is 1.46. The Kier molecular flexibility index (Phi) is 3.27. The van der Waals surface area contributed by atoms with Crippen molar-refractivity contribution in [3.8, 4) is 0 Å². The molecule has 6 heteroatoms. The Hall–Kier alpha value is -1.66. The van der Waals surface area contributed by atoms with Gasteiger partial charge in [0.05, 0.1) is 12.5 Å². The van der Waals surface area contributed by atoms with Gasteiger partial charge in [-0.05, 0) is 30.2 Å². The summed E-state index contributed by atoms with van der Waals surface area (Å²) in [5, 5.41) is 5.28. The third-order valence-electron chi connectivity index (χ3n) is 3.84. The first kappa shape index (κ1) is 13.0. The standard InChI is InChI=1S/C15H14BrN3O2/c16-11-1-2-13-12(6-11)10(7-17-13)5-14-18-15(21-19-14)9-3-4-20-8-9/h1-2,6-7,9,17H,3-5,8H2.